The SMILES string of the molecule is CCOC(=O)OC1CCCC(OC(=O)O)C1OC(=O)OCC. The molecule has 9 heteroatoms. The lowest BCUT2D eigenvalue weighted by Gasteiger charge is -2.34. The lowest BCUT2D eigenvalue weighted by molar-refractivity contribution is -0.123. The average molecular weight is 320 g/mol. The van der Waals surface area contributed by atoms with Crippen LogP contribution in [0.3, 0.4) is 0 Å². The Morgan fingerprint density at radius 1 is 0.909 bits per heavy atom. The summed E-state index contributed by atoms with van der Waals surface area (Å²) >= 11 is 0. The van der Waals surface area contributed by atoms with E-state index in [1.165, 1.54) is 0 Å². The van der Waals surface area contributed by atoms with Gasteiger partial charge in [0.05, 0.1) is 13.2 Å². The van der Waals surface area contributed by atoms with Gasteiger partial charge in [0.25, 0.3) is 0 Å². The molecule has 0 aliphatic heterocycles. The lowest BCUT2D eigenvalue weighted by atomic mass is 9.91. The van der Waals surface area contributed by atoms with Crippen molar-refractivity contribution in [1.29, 1.82) is 0 Å². The summed E-state index contributed by atoms with van der Waals surface area (Å²) < 4.78 is 24.2. The summed E-state index contributed by atoms with van der Waals surface area (Å²) in [7, 11) is 0. The smallest absolute Gasteiger partial charge is 0.450 e. The van der Waals surface area contributed by atoms with E-state index in [-0.39, 0.29) is 13.2 Å². The molecule has 1 aliphatic rings. The van der Waals surface area contributed by atoms with E-state index >= 15 is 0 Å². The molecule has 1 saturated carbocycles. The number of ether oxygens (including phenoxy) is 5. The van der Waals surface area contributed by atoms with Gasteiger partial charge in [-0.15, -0.1) is 0 Å². The van der Waals surface area contributed by atoms with Gasteiger partial charge in [0, 0.05) is 0 Å². The zero-order valence-corrected chi connectivity index (χ0v) is 12.5. The molecule has 0 aromatic rings. The fourth-order valence-corrected chi connectivity index (χ4v) is 2.16. The number of hydrogen-bond acceptors (Lipinski definition) is 8. The molecule has 126 valence electrons. The molecule has 0 bridgehead atoms. The molecule has 0 aromatic heterocycles. The lowest BCUT2D eigenvalue weighted by Crippen LogP contribution is -2.48. The maximum atomic E-state index is 11.5. The van der Waals surface area contributed by atoms with Crippen LogP contribution < -0.4 is 0 Å². The summed E-state index contributed by atoms with van der Waals surface area (Å²) in [6.45, 7) is 3.44. The molecule has 3 unspecified atom stereocenters. The normalized spacial score (nSPS) is 24.0. The van der Waals surface area contributed by atoms with Crippen LogP contribution in [0, 0.1) is 0 Å². The summed E-state index contributed by atoms with van der Waals surface area (Å²) in [5.74, 6) is 0. The van der Waals surface area contributed by atoms with E-state index < -0.39 is 36.8 Å². The minimum Gasteiger partial charge on any atom is -0.450 e. The van der Waals surface area contributed by atoms with Crippen LogP contribution in [0.4, 0.5) is 14.4 Å². The van der Waals surface area contributed by atoms with Crippen molar-refractivity contribution in [3.05, 3.63) is 0 Å². The first-order valence-electron chi connectivity index (χ1n) is 7.04. The first-order chi connectivity index (χ1) is 10.5. The number of hydrogen-bond donors (Lipinski definition) is 1. The Balaban J connectivity index is 2.78. The zero-order chi connectivity index (χ0) is 16.5. The molecule has 1 aliphatic carbocycles. The van der Waals surface area contributed by atoms with Crippen LogP contribution in [0.25, 0.3) is 0 Å². The molecule has 3 atom stereocenters. The van der Waals surface area contributed by atoms with Crippen molar-refractivity contribution in [3.8, 4) is 0 Å². The fraction of sp³-hybridized carbons (Fsp3) is 0.769. The van der Waals surface area contributed by atoms with E-state index in [2.05, 4.69) is 9.47 Å². The van der Waals surface area contributed by atoms with Crippen molar-refractivity contribution < 1.29 is 43.2 Å². The number of carbonyl (C=O) groups is 3. The van der Waals surface area contributed by atoms with Crippen molar-refractivity contribution in [1.82, 2.24) is 0 Å². The van der Waals surface area contributed by atoms with Crippen molar-refractivity contribution in [2.45, 2.75) is 51.4 Å². The fourth-order valence-electron chi connectivity index (χ4n) is 2.16. The molecule has 9 nitrogen and oxygen atoms in total. The van der Waals surface area contributed by atoms with Gasteiger partial charge in [-0.1, -0.05) is 0 Å². The van der Waals surface area contributed by atoms with Gasteiger partial charge in [-0.25, -0.2) is 14.4 Å². The maximum absolute atomic E-state index is 11.5. The highest BCUT2D eigenvalue weighted by Gasteiger charge is 2.42. The van der Waals surface area contributed by atoms with Crippen LogP contribution in [0.15, 0.2) is 0 Å². The number of carboxylic acid groups (broad SMARTS) is 1. The van der Waals surface area contributed by atoms with Gasteiger partial charge < -0.3 is 28.8 Å². The summed E-state index contributed by atoms with van der Waals surface area (Å²) in [5, 5.41) is 8.75. The van der Waals surface area contributed by atoms with Crippen molar-refractivity contribution >= 4 is 18.5 Å². The Hall–Kier alpha value is -2.19. The molecular formula is C13H20O9. The molecule has 0 amide bonds. The third-order valence-corrected chi connectivity index (χ3v) is 2.97. The van der Waals surface area contributed by atoms with E-state index in [0.29, 0.717) is 19.3 Å². The minimum absolute atomic E-state index is 0.0966. The van der Waals surface area contributed by atoms with Crippen molar-refractivity contribution in [2.24, 2.45) is 0 Å². The highest BCUT2D eigenvalue weighted by atomic mass is 16.8. The largest absolute Gasteiger partial charge is 0.508 e. The van der Waals surface area contributed by atoms with E-state index in [1.54, 1.807) is 13.8 Å². The first-order valence-corrected chi connectivity index (χ1v) is 7.04. The molecule has 22 heavy (non-hydrogen) atoms. The minimum atomic E-state index is -1.50. The highest BCUT2D eigenvalue weighted by Crippen LogP contribution is 2.27. The molecule has 0 aromatic carbocycles. The van der Waals surface area contributed by atoms with Gasteiger partial charge in [0.2, 0.25) is 0 Å². The second-order valence-corrected chi connectivity index (χ2v) is 4.46. The van der Waals surface area contributed by atoms with Crippen molar-refractivity contribution in [3.63, 3.8) is 0 Å². The Bertz CT molecular complexity index is 395. The van der Waals surface area contributed by atoms with Gasteiger partial charge in [-0.05, 0) is 33.1 Å². The summed E-state index contributed by atoms with van der Waals surface area (Å²) in [5.41, 5.74) is 0. The van der Waals surface area contributed by atoms with Crippen LogP contribution in [-0.4, -0.2) is 55.1 Å². The average Bonchev–Trinajstić information content (AvgIpc) is 2.42. The second kappa shape index (κ2) is 8.96. The zero-order valence-electron chi connectivity index (χ0n) is 12.5. The molecule has 1 fully saturated rings. The van der Waals surface area contributed by atoms with Gasteiger partial charge in [0.15, 0.2) is 6.10 Å². The van der Waals surface area contributed by atoms with Crippen molar-refractivity contribution in [2.75, 3.05) is 13.2 Å². The Morgan fingerprint density at radius 2 is 1.41 bits per heavy atom. The predicted octanol–water partition coefficient (Wildman–Crippen LogP) is 2.32. The van der Waals surface area contributed by atoms with E-state index in [9.17, 15) is 14.4 Å². The van der Waals surface area contributed by atoms with E-state index in [4.69, 9.17) is 19.3 Å². The van der Waals surface area contributed by atoms with Crippen LogP contribution in [0.2, 0.25) is 0 Å². The molecule has 1 rings (SSSR count). The summed E-state index contributed by atoms with van der Waals surface area (Å²) in [6, 6.07) is 0. The Labute approximate surface area is 127 Å². The standard InChI is InChI=1S/C13H20O9/c1-3-18-12(16)21-9-7-5-6-8(20-11(14)15)10(9)22-13(17)19-4-2/h8-10H,3-7H2,1-2H3,(H,14,15). The molecular weight excluding hydrogens is 300 g/mol. The third-order valence-electron chi connectivity index (χ3n) is 2.97. The summed E-state index contributed by atoms with van der Waals surface area (Å²) in [6.07, 6.45) is -4.98. The topological polar surface area (TPSA) is 118 Å². The monoisotopic (exact) mass is 320 g/mol. The van der Waals surface area contributed by atoms with Crippen LogP contribution in [0.5, 0.6) is 0 Å². The number of carbonyl (C=O) groups excluding carboxylic acids is 2. The maximum Gasteiger partial charge on any atom is 0.508 e. The second-order valence-electron chi connectivity index (χ2n) is 4.46. The van der Waals surface area contributed by atoms with Gasteiger partial charge in [-0.2, -0.15) is 0 Å². The molecule has 0 radical (unpaired) electrons. The van der Waals surface area contributed by atoms with Gasteiger partial charge in [-0.3, -0.25) is 0 Å². The third kappa shape index (κ3) is 5.66. The van der Waals surface area contributed by atoms with Crippen LogP contribution in [0.1, 0.15) is 33.1 Å². The van der Waals surface area contributed by atoms with Crippen LogP contribution in [-0.2, 0) is 23.7 Å². The Morgan fingerprint density at radius 3 is 1.91 bits per heavy atom. The van der Waals surface area contributed by atoms with E-state index in [0.717, 1.165) is 0 Å². The highest BCUT2D eigenvalue weighted by molar-refractivity contribution is 5.62. The molecule has 0 saturated heterocycles. The molecule has 0 heterocycles. The predicted molar refractivity (Wildman–Crippen MR) is 70.5 cm³/mol. The van der Waals surface area contributed by atoms with Crippen LogP contribution >= 0.6 is 0 Å². The number of rotatable bonds is 5. The van der Waals surface area contributed by atoms with Gasteiger partial charge in [0.1, 0.15) is 12.2 Å². The molecule has 1 N–H and O–H groups in total. The van der Waals surface area contributed by atoms with Gasteiger partial charge >= 0.3 is 18.5 Å². The summed E-state index contributed by atoms with van der Waals surface area (Å²) in [4.78, 5) is 33.6. The van der Waals surface area contributed by atoms with E-state index in [1.807, 2.05) is 0 Å². The Kier molecular flexibility index (Phi) is 7.27. The molecule has 0 spiro atoms. The first kappa shape index (κ1) is 17.9. The quantitative estimate of drug-likeness (QED) is 0.601.